The lowest BCUT2D eigenvalue weighted by Crippen LogP contribution is -2.44. The van der Waals surface area contributed by atoms with Crippen molar-refractivity contribution in [3.8, 4) is 5.75 Å². The van der Waals surface area contributed by atoms with Gasteiger partial charge in [-0.25, -0.2) is 4.98 Å². The van der Waals surface area contributed by atoms with Crippen molar-refractivity contribution >= 4 is 43.0 Å². The molecular formula is C16H18N2OS2. The van der Waals surface area contributed by atoms with E-state index in [9.17, 15) is 0 Å². The van der Waals surface area contributed by atoms with E-state index in [0.29, 0.717) is 6.54 Å². The molecule has 0 unspecified atom stereocenters. The fraction of sp³-hybridized carbons (Fsp3) is 0.438. The Morgan fingerprint density at radius 1 is 1.43 bits per heavy atom. The number of aryl methyl sites for hydroxylation is 1. The lowest BCUT2D eigenvalue weighted by Gasteiger charge is -2.42. The first-order valence-corrected chi connectivity index (χ1v) is 9.07. The number of benzene rings is 1. The van der Waals surface area contributed by atoms with Crippen molar-refractivity contribution in [3.05, 3.63) is 22.5 Å². The molecular weight excluding hydrogens is 300 g/mol. The van der Waals surface area contributed by atoms with Crippen LogP contribution in [-0.4, -0.2) is 17.1 Å². The highest BCUT2D eigenvalue weighted by Crippen LogP contribution is 2.44. The minimum Gasteiger partial charge on any atom is -0.487 e. The molecule has 3 aromatic rings. The van der Waals surface area contributed by atoms with Gasteiger partial charge in [-0.3, -0.25) is 0 Å². The van der Waals surface area contributed by atoms with E-state index in [1.807, 2.05) is 0 Å². The minimum atomic E-state index is -0.0307. The predicted molar refractivity (Wildman–Crippen MR) is 90.6 cm³/mol. The molecule has 110 valence electrons. The topological polar surface area (TPSA) is 48.1 Å². The first-order valence-electron chi connectivity index (χ1n) is 7.37. The van der Waals surface area contributed by atoms with Crippen molar-refractivity contribution in [2.45, 2.75) is 38.2 Å². The van der Waals surface area contributed by atoms with Crippen molar-refractivity contribution in [3.63, 3.8) is 0 Å². The molecule has 1 aliphatic carbocycles. The number of nitrogens with zero attached hydrogens (tertiary/aromatic N) is 1. The molecule has 1 saturated carbocycles. The Morgan fingerprint density at radius 2 is 2.29 bits per heavy atom. The maximum atomic E-state index is 6.47. The molecule has 2 aromatic heterocycles. The van der Waals surface area contributed by atoms with Crippen LogP contribution in [-0.2, 0) is 0 Å². The van der Waals surface area contributed by atoms with Gasteiger partial charge in [0.05, 0.1) is 19.9 Å². The third-order valence-electron chi connectivity index (χ3n) is 4.36. The van der Waals surface area contributed by atoms with Crippen LogP contribution in [0.25, 0.3) is 20.3 Å². The van der Waals surface area contributed by atoms with Crippen molar-refractivity contribution in [2.24, 2.45) is 5.73 Å². The molecule has 3 nitrogen and oxygen atoms in total. The molecule has 0 saturated heterocycles. The third-order valence-corrected chi connectivity index (χ3v) is 6.20. The Morgan fingerprint density at radius 3 is 3.00 bits per heavy atom. The zero-order valence-corrected chi connectivity index (χ0v) is 13.6. The van der Waals surface area contributed by atoms with Crippen LogP contribution in [0.2, 0.25) is 0 Å². The summed E-state index contributed by atoms with van der Waals surface area (Å²) in [6.07, 6.45) is 4.43. The largest absolute Gasteiger partial charge is 0.487 e. The molecule has 5 heteroatoms. The number of nitrogens with two attached hydrogens (primary N) is 1. The van der Waals surface area contributed by atoms with E-state index < -0.39 is 0 Å². The van der Waals surface area contributed by atoms with E-state index in [1.54, 1.807) is 22.7 Å². The van der Waals surface area contributed by atoms with Gasteiger partial charge in [0, 0.05) is 11.5 Å². The Bertz CT molecular complexity index is 801. The van der Waals surface area contributed by atoms with Gasteiger partial charge < -0.3 is 10.5 Å². The van der Waals surface area contributed by atoms with Gasteiger partial charge in [-0.1, -0.05) is 0 Å². The summed E-state index contributed by atoms with van der Waals surface area (Å²) in [6, 6.07) is 4.32. The molecule has 0 bridgehead atoms. The minimum absolute atomic E-state index is 0.0307. The molecule has 1 aromatic carbocycles. The highest BCUT2D eigenvalue weighted by molar-refractivity contribution is 7.21. The number of thiophene rings is 1. The SMILES string of the molecule is Cc1nc2c(cc(OC3(CCN)CCC3)c3ccsc32)s1. The molecule has 1 fully saturated rings. The summed E-state index contributed by atoms with van der Waals surface area (Å²) in [5, 5.41) is 4.43. The van der Waals surface area contributed by atoms with Crippen molar-refractivity contribution in [2.75, 3.05) is 6.54 Å². The van der Waals surface area contributed by atoms with E-state index in [-0.39, 0.29) is 5.60 Å². The standard InChI is InChI=1S/C16H18N2OS2/c1-10-18-14-13(21-10)9-12(11-3-8-20-15(11)14)19-16(6-7-17)4-2-5-16/h3,8-9H,2,4-7,17H2,1H3. The van der Waals surface area contributed by atoms with E-state index in [2.05, 4.69) is 29.4 Å². The number of thiazole rings is 1. The Balaban J connectivity index is 1.84. The van der Waals surface area contributed by atoms with Gasteiger partial charge in [0.25, 0.3) is 0 Å². The molecule has 4 rings (SSSR count). The van der Waals surface area contributed by atoms with Gasteiger partial charge in [-0.2, -0.15) is 0 Å². The predicted octanol–water partition coefficient (Wildman–Crippen LogP) is 4.47. The van der Waals surface area contributed by atoms with Crippen LogP contribution in [0.3, 0.4) is 0 Å². The average Bonchev–Trinajstić information content (AvgIpc) is 3.01. The number of ether oxygens (including phenoxy) is 1. The second-order valence-electron chi connectivity index (χ2n) is 5.80. The van der Waals surface area contributed by atoms with Gasteiger partial charge in [0.15, 0.2) is 0 Å². The van der Waals surface area contributed by atoms with E-state index in [0.717, 1.165) is 35.5 Å². The van der Waals surface area contributed by atoms with Crippen molar-refractivity contribution in [1.29, 1.82) is 0 Å². The van der Waals surface area contributed by atoms with Crippen molar-refractivity contribution in [1.82, 2.24) is 4.98 Å². The van der Waals surface area contributed by atoms with Gasteiger partial charge in [0.1, 0.15) is 11.4 Å². The van der Waals surface area contributed by atoms with Crippen molar-refractivity contribution < 1.29 is 4.74 Å². The number of hydrogen-bond acceptors (Lipinski definition) is 5. The summed E-state index contributed by atoms with van der Waals surface area (Å²) in [4.78, 5) is 4.67. The molecule has 0 aliphatic heterocycles. The molecule has 0 amide bonds. The number of rotatable bonds is 4. The fourth-order valence-electron chi connectivity index (χ4n) is 3.14. The maximum Gasteiger partial charge on any atom is 0.130 e. The van der Waals surface area contributed by atoms with Crippen LogP contribution in [0.4, 0.5) is 0 Å². The molecule has 2 N–H and O–H groups in total. The van der Waals surface area contributed by atoms with Gasteiger partial charge in [-0.15, -0.1) is 22.7 Å². The van der Waals surface area contributed by atoms with Crippen LogP contribution in [0.1, 0.15) is 30.7 Å². The average molecular weight is 318 g/mol. The van der Waals surface area contributed by atoms with Gasteiger partial charge in [0.2, 0.25) is 0 Å². The summed E-state index contributed by atoms with van der Waals surface area (Å²) >= 11 is 3.49. The Labute approximate surface area is 131 Å². The zero-order valence-electron chi connectivity index (χ0n) is 12.0. The summed E-state index contributed by atoms with van der Waals surface area (Å²) in [7, 11) is 0. The molecule has 0 radical (unpaired) electrons. The Kier molecular flexibility index (Phi) is 3.17. The summed E-state index contributed by atoms with van der Waals surface area (Å²) in [5.41, 5.74) is 6.87. The van der Waals surface area contributed by atoms with Crippen LogP contribution in [0.5, 0.6) is 5.75 Å². The third kappa shape index (κ3) is 2.15. The Hall–Kier alpha value is -1.17. The second-order valence-corrected chi connectivity index (χ2v) is 7.95. The molecule has 0 spiro atoms. The molecule has 0 atom stereocenters. The highest BCUT2D eigenvalue weighted by Gasteiger charge is 2.39. The van der Waals surface area contributed by atoms with Crippen LogP contribution in [0.15, 0.2) is 17.5 Å². The summed E-state index contributed by atoms with van der Waals surface area (Å²) in [6.45, 7) is 2.75. The number of aromatic nitrogens is 1. The van der Waals surface area contributed by atoms with E-state index in [4.69, 9.17) is 10.5 Å². The van der Waals surface area contributed by atoms with Crippen LogP contribution < -0.4 is 10.5 Å². The zero-order chi connectivity index (χ0) is 14.4. The van der Waals surface area contributed by atoms with Gasteiger partial charge in [-0.05, 0) is 50.6 Å². The molecule has 21 heavy (non-hydrogen) atoms. The summed E-state index contributed by atoms with van der Waals surface area (Å²) in [5.74, 6) is 1.01. The monoisotopic (exact) mass is 318 g/mol. The van der Waals surface area contributed by atoms with E-state index >= 15 is 0 Å². The lowest BCUT2D eigenvalue weighted by molar-refractivity contribution is -0.0110. The number of hydrogen-bond donors (Lipinski definition) is 1. The first kappa shape index (κ1) is 13.5. The first-order chi connectivity index (χ1) is 10.2. The summed E-state index contributed by atoms with van der Waals surface area (Å²) < 4.78 is 8.94. The lowest BCUT2D eigenvalue weighted by atomic mass is 9.77. The number of fused-ring (bicyclic) bond motifs is 3. The van der Waals surface area contributed by atoms with Gasteiger partial charge >= 0.3 is 0 Å². The van der Waals surface area contributed by atoms with Crippen LogP contribution >= 0.6 is 22.7 Å². The highest BCUT2D eigenvalue weighted by atomic mass is 32.1. The second kappa shape index (κ2) is 4.93. The molecule has 1 aliphatic rings. The van der Waals surface area contributed by atoms with Crippen LogP contribution in [0, 0.1) is 6.92 Å². The normalized spacial score (nSPS) is 17.2. The maximum absolute atomic E-state index is 6.47. The quantitative estimate of drug-likeness (QED) is 0.772. The fourth-order valence-corrected chi connectivity index (χ4v) is 4.97. The molecule has 2 heterocycles. The van der Waals surface area contributed by atoms with E-state index in [1.165, 1.54) is 21.2 Å². The smallest absolute Gasteiger partial charge is 0.130 e.